The van der Waals surface area contributed by atoms with Crippen LogP contribution in [-0.4, -0.2) is 18.9 Å². The van der Waals surface area contributed by atoms with Gasteiger partial charge in [-0.3, -0.25) is 4.79 Å². The van der Waals surface area contributed by atoms with E-state index in [1.807, 2.05) is 6.92 Å². The first-order chi connectivity index (χ1) is 11.7. The van der Waals surface area contributed by atoms with Gasteiger partial charge >= 0.3 is 6.36 Å². The molecular formula is C17H15ClF3NO3. The summed E-state index contributed by atoms with van der Waals surface area (Å²) in [7, 11) is 0. The van der Waals surface area contributed by atoms with Gasteiger partial charge in [-0.25, -0.2) is 0 Å². The summed E-state index contributed by atoms with van der Waals surface area (Å²) >= 11 is 5.84. The van der Waals surface area contributed by atoms with Crippen LogP contribution in [0.2, 0.25) is 5.02 Å². The molecule has 0 spiro atoms. The number of benzene rings is 2. The highest BCUT2D eigenvalue weighted by Gasteiger charge is 2.30. The van der Waals surface area contributed by atoms with Crippen molar-refractivity contribution in [3.63, 3.8) is 0 Å². The van der Waals surface area contributed by atoms with Gasteiger partial charge in [0.15, 0.2) is 6.61 Å². The minimum Gasteiger partial charge on any atom is -0.484 e. The lowest BCUT2D eigenvalue weighted by molar-refractivity contribution is -0.274. The predicted octanol–water partition coefficient (Wildman–Crippen LogP) is 4.24. The normalized spacial score (nSPS) is 11.1. The number of amides is 1. The fraction of sp³-hybridized carbons (Fsp3) is 0.235. The van der Waals surface area contributed by atoms with Gasteiger partial charge in [0.1, 0.15) is 11.5 Å². The van der Waals surface area contributed by atoms with Gasteiger partial charge in [-0.15, -0.1) is 13.2 Å². The standard InChI is InChI=1S/C17H15ClF3NO3/c1-11-8-13(18)4-7-15(11)24-10-16(23)22-9-12-2-5-14(6-3-12)25-17(19,20)21/h2-8H,9-10H2,1H3,(H,22,23). The smallest absolute Gasteiger partial charge is 0.484 e. The average Bonchev–Trinajstić information content (AvgIpc) is 2.52. The zero-order valence-electron chi connectivity index (χ0n) is 13.2. The van der Waals surface area contributed by atoms with Crippen molar-refractivity contribution in [2.75, 3.05) is 6.61 Å². The van der Waals surface area contributed by atoms with E-state index in [4.69, 9.17) is 16.3 Å². The van der Waals surface area contributed by atoms with E-state index in [1.54, 1.807) is 18.2 Å². The quantitative estimate of drug-likeness (QED) is 0.823. The highest BCUT2D eigenvalue weighted by atomic mass is 35.5. The number of aryl methyl sites for hydroxylation is 1. The third-order valence-corrected chi connectivity index (χ3v) is 3.38. The van der Waals surface area contributed by atoms with E-state index in [0.29, 0.717) is 16.3 Å². The molecule has 0 atom stereocenters. The van der Waals surface area contributed by atoms with Crippen molar-refractivity contribution >= 4 is 17.5 Å². The van der Waals surface area contributed by atoms with E-state index in [0.717, 1.165) is 5.56 Å². The zero-order chi connectivity index (χ0) is 18.4. The third-order valence-electron chi connectivity index (χ3n) is 3.14. The van der Waals surface area contributed by atoms with Gasteiger partial charge in [0, 0.05) is 11.6 Å². The summed E-state index contributed by atoms with van der Waals surface area (Å²) in [6.45, 7) is 1.79. The Bertz CT molecular complexity index is 733. The number of nitrogens with one attached hydrogen (secondary N) is 1. The van der Waals surface area contributed by atoms with Crippen molar-refractivity contribution < 1.29 is 27.4 Å². The average molecular weight is 374 g/mol. The van der Waals surface area contributed by atoms with Crippen LogP contribution < -0.4 is 14.8 Å². The summed E-state index contributed by atoms with van der Waals surface area (Å²) in [5.74, 6) is -0.123. The molecule has 0 aliphatic heterocycles. The molecule has 0 saturated carbocycles. The lowest BCUT2D eigenvalue weighted by atomic mass is 10.2. The van der Waals surface area contributed by atoms with Crippen LogP contribution >= 0.6 is 11.6 Å². The van der Waals surface area contributed by atoms with Crippen molar-refractivity contribution in [2.24, 2.45) is 0 Å². The molecule has 0 unspecified atom stereocenters. The molecule has 1 N–H and O–H groups in total. The fourth-order valence-electron chi connectivity index (χ4n) is 1.98. The van der Waals surface area contributed by atoms with E-state index >= 15 is 0 Å². The molecule has 0 heterocycles. The van der Waals surface area contributed by atoms with Crippen molar-refractivity contribution in [1.82, 2.24) is 5.32 Å². The lowest BCUT2D eigenvalue weighted by Gasteiger charge is -2.11. The van der Waals surface area contributed by atoms with Gasteiger partial charge < -0.3 is 14.8 Å². The lowest BCUT2D eigenvalue weighted by Crippen LogP contribution is -2.28. The summed E-state index contributed by atoms with van der Waals surface area (Å²) in [6.07, 6.45) is -4.73. The number of carbonyl (C=O) groups excluding carboxylic acids is 1. The summed E-state index contributed by atoms with van der Waals surface area (Å²) in [5, 5.41) is 3.19. The largest absolute Gasteiger partial charge is 0.573 e. The topological polar surface area (TPSA) is 47.6 Å². The summed E-state index contributed by atoms with van der Waals surface area (Å²) in [5.41, 5.74) is 1.44. The van der Waals surface area contributed by atoms with Crippen molar-refractivity contribution in [3.05, 3.63) is 58.6 Å². The molecule has 1 amide bonds. The van der Waals surface area contributed by atoms with Crippen LogP contribution in [0.3, 0.4) is 0 Å². The molecular weight excluding hydrogens is 359 g/mol. The Balaban J connectivity index is 1.79. The number of hydrogen-bond donors (Lipinski definition) is 1. The molecule has 0 aliphatic carbocycles. The van der Waals surface area contributed by atoms with E-state index in [2.05, 4.69) is 10.1 Å². The molecule has 0 bridgehead atoms. The molecule has 0 fully saturated rings. The zero-order valence-corrected chi connectivity index (χ0v) is 13.9. The van der Waals surface area contributed by atoms with Gasteiger partial charge in [0.2, 0.25) is 0 Å². The molecule has 2 aromatic rings. The second-order valence-corrected chi connectivity index (χ2v) is 5.60. The number of ether oxygens (including phenoxy) is 2. The van der Waals surface area contributed by atoms with E-state index < -0.39 is 6.36 Å². The number of hydrogen-bond acceptors (Lipinski definition) is 3. The highest BCUT2D eigenvalue weighted by molar-refractivity contribution is 6.30. The molecule has 25 heavy (non-hydrogen) atoms. The minimum atomic E-state index is -4.73. The number of alkyl halides is 3. The maximum absolute atomic E-state index is 12.1. The van der Waals surface area contributed by atoms with Crippen LogP contribution in [0.15, 0.2) is 42.5 Å². The highest BCUT2D eigenvalue weighted by Crippen LogP contribution is 2.23. The van der Waals surface area contributed by atoms with Crippen LogP contribution in [-0.2, 0) is 11.3 Å². The number of halogens is 4. The molecule has 0 aliphatic rings. The third kappa shape index (κ3) is 6.54. The van der Waals surface area contributed by atoms with E-state index in [9.17, 15) is 18.0 Å². The molecule has 8 heteroatoms. The Kier molecular flexibility index (Phi) is 6.14. The maximum Gasteiger partial charge on any atom is 0.573 e. The minimum absolute atomic E-state index is 0.161. The van der Waals surface area contributed by atoms with Gasteiger partial charge in [-0.05, 0) is 48.4 Å². The molecule has 2 aromatic carbocycles. The van der Waals surface area contributed by atoms with Crippen molar-refractivity contribution in [2.45, 2.75) is 19.8 Å². The second-order valence-electron chi connectivity index (χ2n) is 5.17. The Labute approximate surface area is 147 Å². The summed E-state index contributed by atoms with van der Waals surface area (Å²) in [6, 6.07) is 10.3. The van der Waals surface area contributed by atoms with Gasteiger partial charge in [0.25, 0.3) is 5.91 Å². The first-order valence-corrected chi connectivity index (χ1v) is 7.61. The Morgan fingerprint density at radius 1 is 1.16 bits per heavy atom. The Hall–Kier alpha value is -2.41. The van der Waals surface area contributed by atoms with Gasteiger partial charge in [0.05, 0.1) is 0 Å². The molecule has 0 radical (unpaired) electrons. The maximum atomic E-state index is 12.1. The summed E-state index contributed by atoms with van der Waals surface area (Å²) < 4.78 is 45.4. The SMILES string of the molecule is Cc1cc(Cl)ccc1OCC(=O)NCc1ccc(OC(F)(F)F)cc1. The molecule has 2 rings (SSSR count). The second kappa shape index (κ2) is 8.11. The first kappa shape index (κ1) is 18.9. The Morgan fingerprint density at radius 3 is 2.44 bits per heavy atom. The first-order valence-electron chi connectivity index (χ1n) is 7.23. The van der Waals surface area contributed by atoms with Crippen LogP contribution in [0, 0.1) is 6.92 Å². The van der Waals surface area contributed by atoms with Crippen LogP contribution in [0.1, 0.15) is 11.1 Å². The Morgan fingerprint density at radius 2 is 1.84 bits per heavy atom. The van der Waals surface area contributed by atoms with Crippen molar-refractivity contribution in [1.29, 1.82) is 0 Å². The fourth-order valence-corrected chi connectivity index (χ4v) is 2.21. The number of carbonyl (C=O) groups is 1. The van der Waals surface area contributed by atoms with E-state index in [1.165, 1.54) is 24.3 Å². The van der Waals surface area contributed by atoms with Gasteiger partial charge in [-0.2, -0.15) is 0 Å². The van der Waals surface area contributed by atoms with E-state index in [-0.39, 0.29) is 24.8 Å². The predicted molar refractivity (Wildman–Crippen MR) is 86.7 cm³/mol. The number of rotatable bonds is 6. The van der Waals surface area contributed by atoms with Crippen molar-refractivity contribution in [3.8, 4) is 11.5 Å². The van der Waals surface area contributed by atoms with Gasteiger partial charge in [-0.1, -0.05) is 23.7 Å². The molecule has 4 nitrogen and oxygen atoms in total. The molecule has 134 valence electrons. The van der Waals surface area contributed by atoms with Crippen LogP contribution in [0.4, 0.5) is 13.2 Å². The van der Waals surface area contributed by atoms with Crippen LogP contribution in [0.25, 0.3) is 0 Å². The van der Waals surface area contributed by atoms with Crippen LogP contribution in [0.5, 0.6) is 11.5 Å². The molecule has 0 aromatic heterocycles. The monoisotopic (exact) mass is 373 g/mol. The summed E-state index contributed by atoms with van der Waals surface area (Å²) in [4.78, 5) is 11.8. The molecule has 0 saturated heterocycles.